The summed E-state index contributed by atoms with van der Waals surface area (Å²) >= 11 is 6.01. The highest BCUT2D eigenvalue weighted by Gasteiger charge is 2.21. The molecule has 102 valence electrons. The molecule has 2 aromatic rings. The average molecular weight is 301 g/mol. The summed E-state index contributed by atoms with van der Waals surface area (Å²) in [6.07, 6.45) is 0. The van der Waals surface area contributed by atoms with E-state index in [1.807, 2.05) is 0 Å². The first-order chi connectivity index (χ1) is 8.73. The first kappa shape index (κ1) is 14.0. The fraction of sp³-hybridized carbons (Fsp3) is 0.250. The minimum Gasteiger partial charge on any atom is -0.322 e. The van der Waals surface area contributed by atoms with Crippen LogP contribution in [0.2, 0.25) is 5.02 Å². The summed E-state index contributed by atoms with van der Waals surface area (Å²) in [5.41, 5.74) is 0.975. The minimum atomic E-state index is -3.62. The standard InChI is InChI=1S/C12H13ClN2O3S/c1-7-4-12(16)14-10-6-9(13)11(5-8(7)10)19(17,18)15(2)3/h4-6H,1-3H3,(H,14,16). The van der Waals surface area contributed by atoms with Crippen LogP contribution in [0.15, 0.2) is 27.9 Å². The van der Waals surface area contributed by atoms with Gasteiger partial charge in [-0.2, -0.15) is 0 Å². The van der Waals surface area contributed by atoms with Crippen LogP contribution in [-0.2, 0) is 10.0 Å². The van der Waals surface area contributed by atoms with Crippen molar-refractivity contribution in [3.05, 3.63) is 39.1 Å². The predicted molar refractivity (Wildman–Crippen MR) is 75.2 cm³/mol. The van der Waals surface area contributed by atoms with E-state index in [9.17, 15) is 13.2 Å². The average Bonchev–Trinajstić information content (AvgIpc) is 2.26. The van der Waals surface area contributed by atoms with Crippen molar-refractivity contribution < 1.29 is 8.42 Å². The van der Waals surface area contributed by atoms with E-state index in [1.54, 1.807) is 6.92 Å². The Labute approximate surface area is 115 Å². The maximum Gasteiger partial charge on any atom is 0.248 e. The number of halogens is 1. The van der Waals surface area contributed by atoms with E-state index < -0.39 is 10.0 Å². The zero-order chi connectivity index (χ0) is 14.4. The van der Waals surface area contributed by atoms with Crippen molar-refractivity contribution in [2.75, 3.05) is 14.1 Å². The molecule has 0 saturated heterocycles. The second-order valence-corrected chi connectivity index (χ2v) is 6.96. The largest absolute Gasteiger partial charge is 0.322 e. The van der Waals surface area contributed by atoms with Gasteiger partial charge in [-0.25, -0.2) is 12.7 Å². The quantitative estimate of drug-likeness (QED) is 0.918. The molecule has 0 aliphatic carbocycles. The minimum absolute atomic E-state index is 0.0295. The Kier molecular flexibility index (Phi) is 3.42. The Morgan fingerprint density at radius 1 is 1.21 bits per heavy atom. The molecule has 0 aliphatic rings. The summed E-state index contributed by atoms with van der Waals surface area (Å²) in [6, 6.07) is 4.36. The molecule has 0 atom stereocenters. The topological polar surface area (TPSA) is 70.2 Å². The van der Waals surface area contributed by atoms with E-state index in [0.29, 0.717) is 16.5 Å². The van der Waals surface area contributed by atoms with E-state index in [4.69, 9.17) is 11.6 Å². The van der Waals surface area contributed by atoms with Gasteiger partial charge in [-0.05, 0) is 24.6 Å². The summed E-state index contributed by atoms with van der Waals surface area (Å²) in [4.78, 5) is 14.0. The van der Waals surface area contributed by atoms with Crippen LogP contribution in [0.4, 0.5) is 0 Å². The molecule has 1 heterocycles. The van der Waals surface area contributed by atoms with Crippen LogP contribution >= 0.6 is 11.6 Å². The van der Waals surface area contributed by atoms with Crippen LogP contribution in [0.5, 0.6) is 0 Å². The van der Waals surface area contributed by atoms with Crippen molar-refractivity contribution in [3.8, 4) is 0 Å². The number of H-pyrrole nitrogens is 1. The Morgan fingerprint density at radius 2 is 1.84 bits per heavy atom. The van der Waals surface area contributed by atoms with Crippen LogP contribution in [0.25, 0.3) is 10.9 Å². The zero-order valence-electron chi connectivity index (χ0n) is 10.7. The van der Waals surface area contributed by atoms with Gasteiger partial charge in [-0.15, -0.1) is 0 Å². The fourth-order valence-corrected chi connectivity index (χ4v) is 3.24. The van der Waals surface area contributed by atoms with Gasteiger partial charge in [0.25, 0.3) is 0 Å². The van der Waals surface area contributed by atoms with Crippen LogP contribution in [0, 0.1) is 6.92 Å². The molecule has 0 bridgehead atoms. The van der Waals surface area contributed by atoms with Crippen LogP contribution in [0.3, 0.4) is 0 Å². The summed E-state index contributed by atoms with van der Waals surface area (Å²) in [6.45, 7) is 1.75. The molecular formula is C12H13ClN2O3S. The molecule has 19 heavy (non-hydrogen) atoms. The summed E-state index contributed by atoms with van der Waals surface area (Å²) < 4.78 is 25.4. The molecule has 5 nitrogen and oxygen atoms in total. The van der Waals surface area contributed by atoms with Gasteiger partial charge in [0.15, 0.2) is 0 Å². The molecule has 0 radical (unpaired) electrons. The molecule has 1 aromatic heterocycles. The molecule has 0 aliphatic heterocycles. The highest BCUT2D eigenvalue weighted by Crippen LogP contribution is 2.28. The normalized spacial score (nSPS) is 12.3. The number of aromatic nitrogens is 1. The van der Waals surface area contributed by atoms with Crippen LogP contribution < -0.4 is 5.56 Å². The Bertz CT molecular complexity index is 810. The Hall–Kier alpha value is -1.37. The molecule has 1 aromatic carbocycles. The number of sulfonamides is 1. The lowest BCUT2D eigenvalue weighted by atomic mass is 10.1. The van der Waals surface area contributed by atoms with E-state index in [-0.39, 0.29) is 15.5 Å². The fourth-order valence-electron chi connectivity index (χ4n) is 1.82. The molecule has 0 amide bonds. The summed E-state index contributed by atoms with van der Waals surface area (Å²) in [7, 11) is -0.736. The lowest BCUT2D eigenvalue weighted by molar-refractivity contribution is 0.521. The molecule has 0 spiro atoms. The number of aromatic amines is 1. The van der Waals surface area contributed by atoms with Crippen molar-refractivity contribution >= 4 is 32.5 Å². The number of hydrogen-bond donors (Lipinski definition) is 1. The SMILES string of the molecule is Cc1cc(=O)[nH]c2cc(Cl)c(S(=O)(=O)N(C)C)cc12. The second-order valence-electron chi connectivity index (χ2n) is 4.43. The van der Waals surface area contributed by atoms with Gasteiger partial charge in [-0.1, -0.05) is 11.6 Å². The van der Waals surface area contributed by atoms with Gasteiger partial charge < -0.3 is 4.98 Å². The lowest BCUT2D eigenvalue weighted by Gasteiger charge is -2.14. The van der Waals surface area contributed by atoms with E-state index in [1.165, 1.54) is 32.3 Å². The zero-order valence-corrected chi connectivity index (χ0v) is 12.3. The Balaban J connectivity index is 2.87. The number of rotatable bonds is 2. The lowest BCUT2D eigenvalue weighted by Crippen LogP contribution is -2.22. The molecule has 7 heteroatoms. The van der Waals surface area contributed by atoms with E-state index in [2.05, 4.69) is 4.98 Å². The number of nitrogens with zero attached hydrogens (tertiary/aromatic N) is 1. The number of hydrogen-bond acceptors (Lipinski definition) is 3. The first-order valence-corrected chi connectivity index (χ1v) is 7.31. The maximum absolute atomic E-state index is 12.1. The van der Waals surface area contributed by atoms with Gasteiger partial charge in [-0.3, -0.25) is 4.79 Å². The van der Waals surface area contributed by atoms with Crippen LogP contribution in [-0.4, -0.2) is 31.8 Å². The van der Waals surface area contributed by atoms with E-state index >= 15 is 0 Å². The van der Waals surface area contributed by atoms with Crippen molar-refractivity contribution in [2.45, 2.75) is 11.8 Å². The van der Waals surface area contributed by atoms with Gasteiger partial charge >= 0.3 is 0 Å². The first-order valence-electron chi connectivity index (χ1n) is 5.49. The van der Waals surface area contributed by atoms with Crippen molar-refractivity contribution in [3.63, 3.8) is 0 Å². The summed E-state index contributed by atoms with van der Waals surface area (Å²) in [5.74, 6) is 0. The Morgan fingerprint density at radius 3 is 2.42 bits per heavy atom. The summed E-state index contributed by atoms with van der Waals surface area (Å²) in [5, 5.41) is 0.742. The van der Waals surface area contributed by atoms with Crippen LogP contribution in [0.1, 0.15) is 5.56 Å². The second kappa shape index (κ2) is 4.63. The van der Waals surface area contributed by atoms with Crippen molar-refractivity contribution in [1.29, 1.82) is 0 Å². The van der Waals surface area contributed by atoms with Gasteiger partial charge in [0.1, 0.15) is 4.90 Å². The smallest absolute Gasteiger partial charge is 0.248 e. The molecule has 2 rings (SSSR count). The predicted octanol–water partition coefficient (Wildman–Crippen LogP) is 1.74. The molecule has 0 fully saturated rings. The molecule has 0 saturated carbocycles. The van der Waals surface area contributed by atoms with Crippen molar-refractivity contribution in [1.82, 2.24) is 9.29 Å². The number of fused-ring (bicyclic) bond motifs is 1. The maximum atomic E-state index is 12.1. The molecule has 0 unspecified atom stereocenters. The van der Waals surface area contributed by atoms with Gasteiger partial charge in [0.2, 0.25) is 15.6 Å². The van der Waals surface area contributed by atoms with Gasteiger partial charge in [0, 0.05) is 25.5 Å². The number of benzene rings is 1. The highest BCUT2D eigenvalue weighted by atomic mass is 35.5. The number of nitrogens with one attached hydrogen (secondary N) is 1. The van der Waals surface area contributed by atoms with Gasteiger partial charge in [0.05, 0.1) is 10.5 Å². The number of pyridine rings is 1. The number of aryl methyl sites for hydroxylation is 1. The highest BCUT2D eigenvalue weighted by molar-refractivity contribution is 7.89. The molecule has 1 N–H and O–H groups in total. The third-order valence-electron chi connectivity index (χ3n) is 2.86. The van der Waals surface area contributed by atoms with Crippen molar-refractivity contribution in [2.24, 2.45) is 0 Å². The monoisotopic (exact) mass is 300 g/mol. The third kappa shape index (κ3) is 2.39. The third-order valence-corrected chi connectivity index (χ3v) is 5.14. The molecular weight excluding hydrogens is 288 g/mol. The van der Waals surface area contributed by atoms with E-state index in [0.717, 1.165) is 4.31 Å².